The highest BCUT2D eigenvalue weighted by Gasteiger charge is 2.26. The fourth-order valence-corrected chi connectivity index (χ4v) is 5.56. The van der Waals surface area contributed by atoms with Crippen molar-refractivity contribution in [2.75, 3.05) is 58.2 Å². The maximum absolute atomic E-state index is 13.2. The summed E-state index contributed by atoms with van der Waals surface area (Å²) in [6.07, 6.45) is 6.03. The molecule has 3 fully saturated rings. The maximum atomic E-state index is 13.2. The topological polar surface area (TPSA) is 53.1 Å². The minimum atomic E-state index is 0.104. The van der Waals surface area contributed by atoms with E-state index >= 15 is 0 Å². The van der Waals surface area contributed by atoms with Gasteiger partial charge in [0.15, 0.2) is 0 Å². The molecular formula is C23H33N3O3S. The number of carbonyl (C=O) groups excluding carboxylic acids is 2. The number of piperazine rings is 1. The molecule has 0 spiro atoms. The Bertz CT molecular complexity index is 724. The third-order valence-electron chi connectivity index (χ3n) is 6.29. The van der Waals surface area contributed by atoms with E-state index in [0.29, 0.717) is 25.7 Å². The van der Waals surface area contributed by atoms with Gasteiger partial charge in [-0.1, -0.05) is 12.1 Å². The largest absolute Gasteiger partial charge is 0.377 e. The summed E-state index contributed by atoms with van der Waals surface area (Å²) in [5, 5.41) is 0. The first-order valence-electron chi connectivity index (χ1n) is 11.3. The third kappa shape index (κ3) is 5.56. The number of amides is 2. The number of piperidine rings is 1. The van der Waals surface area contributed by atoms with E-state index in [1.54, 1.807) is 11.8 Å². The number of ether oxygens (including phenoxy) is 1. The Morgan fingerprint density at radius 2 is 1.70 bits per heavy atom. The van der Waals surface area contributed by atoms with Crippen LogP contribution in [-0.2, 0) is 9.53 Å². The van der Waals surface area contributed by atoms with Crippen LogP contribution in [0.15, 0.2) is 29.2 Å². The fourth-order valence-electron chi connectivity index (χ4n) is 4.44. The zero-order valence-electron chi connectivity index (χ0n) is 17.8. The summed E-state index contributed by atoms with van der Waals surface area (Å²) in [5.41, 5.74) is 0.790. The van der Waals surface area contributed by atoms with Crippen LogP contribution in [-0.4, -0.2) is 90.8 Å². The molecule has 0 saturated carbocycles. The number of nitrogens with zero attached hydrogens (tertiary/aromatic N) is 3. The van der Waals surface area contributed by atoms with E-state index in [9.17, 15) is 9.59 Å². The number of hydrogen-bond acceptors (Lipinski definition) is 5. The molecule has 3 aliphatic heterocycles. The number of hydrogen-bond donors (Lipinski definition) is 0. The second kappa shape index (κ2) is 10.6. The summed E-state index contributed by atoms with van der Waals surface area (Å²) in [7, 11) is 0. The Balaban J connectivity index is 1.28. The minimum absolute atomic E-state index is 0.104. The summed E-state index contributed by atoms with van der Waals surface area (Å²) >= 11 is 1.73. The Hall–Kier alpha value is -1.57. The van der Waals surface area contributed by atoms with E-state index in [-0.39, 0.29) is 11.8 Å². The molecule has 3 saturated heterocycles. The minimum Gasteiger partial charge on any atom is -0.377 e. The Morgan fingerprint density at radius 1 is 0.933 bits per heavy atom. The number of benzene rings is 1. The molecule has 4 rings (SSSR count). The molecular weight excluding hydrogens is 398 g/mol. The molecule has 7 heteroatoms. The lowest BCUT2D eigenvalue weighted by molar-refractivity contribution is -0.133. The maximum Gasteiger partial charge on any atom is 0.255 e. The lowest BCUT2D eigenvalue weighted by Crippen LogP contribution is -2.52. The Kier molecular flexibility index (Phi) is 7.68. The third-order valence-corrected chi connectivity index (χ3v) is 7.50. The van der Waals surface area contributed by atoms with Gasteiger partial charge in [-0.25, -0.2) is 0 Å². The molecule has 3 aliphatic rings. The molecule has 0 aromatic heterocycles. The average Bonchev–Trinajstić information content (AvgIpc) is 3.32. The molecule has 1 atom stereocenters. The van der Waals surface area contributed by atoms with Gasteiger partial charge in [-0.05, 0) is 44.2 Å². The van der Waals surface area contributed by atoms with Crippen molar-refractivity contribution >= 4 is 23.6 Å². The normalized spacial score (nSPS) is 23.0. The van der Waals surface area contributed by atoms with Crippen LogP contribution in [0.1, 0.15) is 42.5 Å². The number of rotatable bonds is 6. The van der Waals surface area contributed by atoms with Gasteiger partial charge in [0.2, 0.25) is 5.91 Å². The molecule has 3 heterocycles. The predicted molar refractivity (Wildman–Crippen MR) is 119 cm³/mol. The predicted octanol–water partition coefficient (Wildman–Crippen LogP) is 2.73. The molecule has 2 amide bonds. The Labute approximate surface area is 183 Å². The average molecular weight is 432 g/mol. The summed E-state index contributed by atoms with van der Waals surface area (Å²) in [4.78, 5) is 32.9. The van der Waals surface area contributed by atoms with Gasteiger partial charge in [-0.2, -0.15) is 0 Å². The van der Waals surface area contributed by atoms with Crippen molar-refractivity contribution in [3.63, 3.8) is 0 Å². The van der Waals surface area contributed by atoms with Crippen LogP contribution in [0.3, 0.4) is 0 Å². The highest BCUT2D eigenvalue weighted by atomic mass is 32.2. The van der Waals surface area contributed by atoms with Crippen LogP contribution in [0.5, 0.6) is 0 Å². The van der Waals surface area contributed by atoms with E-state index < -0.39 is 0 Å². The van der Waals surface area contributed by atoms with Crippen molar-refractivity contribution in [1.82, 2.24) is 14.7 Å². The SMILES string of the molecule is O=C(CN1CCN(C(=O)c2ccccc2SCC2CCCO2)CC1)N1CCCCC1. The molecule has 30 heavy (non-hydrogen) atoms. The number of carbonyl (C=O) groups is 2. The lowest BCUT2D eigenvalue weighted by atomic mass is 10.1. The van der Waals surface area contributed by atoms with Crippen molar-refractivity contribution in [1.29, 1.82) is 0 Å². The zero-order valence-corrected chi connectivity index (χ0v) is 18.6. The second-order valence-electron chi connectivity index (χ2n) is 8.45. The van der Waals surface area contributed by atoms with Gasteiger partial charge in [0.25, 0.3) is 5.91 Å². The molecule has 164 valence electrons. The zero-order chi connectivity index (χ0) is 20.8. The number of likely N-dealkylation sites (tertiary alicyclic amines) is 1. The molecule has 0 aliphatic carbocycles. The van der Waals surface area contributed by atoms with Crippen molar-refractivity contribution < 1.29 is 14.3 Å². The highest BCUT2D eigenvalue weighted by Crippen LogP contribution is 2.28. The van der Waals surface area contributed by atoms with Crippen molar-refractivity contribution in [2.45, 2.75) is 43.1 Å². The standard InChI is InChI=1S/C23H33N3O3S/c27-22(25-10-4-1-5-11-25)17-24-12-14-26(15-13-24)23(28)20-8-2-3-9-21(20)30-18-19-7-6-16-29-19/h2-3,8-9,19H,1,4-7,10-18H2. The van der Waals surface area contributed by atoms with Crippen LogP contribution < -0.4 is 0 Å². The molecule has 0 bridgehead atoms. The molecule has 0 N–H and O–H groups in total. The lowest BCUT2D eigenvalue weighted by Gasteiger charge is -2.36. The van der Waals surface area contributed by atoms with Gasteiger partial charge in [0, 0.05) is 56.5 Å². The molecule has 0 radical (unpaired) electrons. The van der Waals surface area contributed by atoms with E-state index in [4.69, 9.17) is 4.74 Å². The van der Waals surface area contributed by atoms with E-state index in [1.807, 2.05) is 34.1 Å². The van der Waals surface area contributed by atoms with E-state index in [0.717, 1.165) is 74.7 Å². The quantitative estimate of drug-likeness (QED) is 0.649. The molecule has 1 aromatic carbocycles. The fraction of sp³-hybridized carbons (Fsp3) is 0.652. The first-order chi connectivity index (χ1) is 14.7. The first-order valence-corrected chi connectivity index (χ1v) is 12.3. The highest BCUT2D eigenvalue weighted by molar-refractivity contribution is 7.99. The molecule has 6 nitrogen and oxygen atoms in total. The smallest absolute Gasteiger partial charge is 0.255 e. The molecule has 1 aromatic rings. The van der Waals surface area contributed by atoms with E-state index in [1.165, 1.54) is 6.42 Å². The van der Waals surface area contributed by atoms with Crippen molar-refractivity contribution in [3.8, 4) is 0 Å². The van der Waals surface area contributed by atoms with Crippen LogP contribution in [0.25, 0.3) is 0 Å². The van der Waals surface area contributed by atoms with Gasteiger partial charge in [0.1, 0.15) is 0 Å². The molecule has 1 unspecified atom stereocenters. The van der Waals surface area contributed by atoms with Crippen LogP contribution in [0.4, 0.5) is 0 Å². The van der Waals surface area contributed by atoms with Gasteiger partial charge in [0.05, 0.1) is 18.2 Å². The first kappa shape index (κ1) is 21.7. The van der Waals surface area contributed by atoms with Gasteiger partial charge in [-0.3, -0.25) is 14.5 Å². The van der Waals surface area contributed by atoms with E-state index in [2.05, 4.69) is 4.90 Å². The summed E-state index contributed by atoms with van der Waals surface area (Å²) in [6.45, 7) is 6.02. The van der Waals surface area contributed by atoms with Gasteiger partial charge < -0.3 is 14.5 Å². The van der Waals surface area contributed by atoms with Crippen molar-refractivity contribution in [2.24, 2.45) is 0 Å². The van der Waals surface area contributed by atoms with Crippen LogP contribution in [0.2, 0.25) is 0 Å². The van der Waals surface area contributed by atoms with Crippen LogP contribution >= 0.6 is 11.8 Å². The number of thioether (sulfide) groups is 1. The monoisotopic (exact) mass is 431 g/mol. The Morgan fingerprint density at radius 3 is 2.43 bits per heavy atom. The van der Waals surface area contributed by atoms with Crippen LogP contribution in [0, 0.1) is 0 Å². The van der Waals surface area contributed by atoms with Gasteiger partial charge in [-0.15, -0.1) is 11.8 Å². The van der Waals surface area contributed by atoms with Gasteiger partial charge >= 0.3 is 0 Å². The summed E-state index contributed by atoms with van der Waals surface area (Å²) in [5.74, 6) is 1.24. The second-order valence-corrected chi connectivity index (χ2v) is 9.51. The summed E-state index contributed by atoms with van der Waals surface area (Å²) in [6, 6.07) is 7.92. The van der Waals surface area contributed by atoms with Crippen molar-refractivity contribution in [3.05, 3.63) is 29.8 Å². The summed E-state index contributed by atoms with van der Waals surface area (Å²) < 4.78 is 5.73.